The highest BCUT2D eigenvalue weighted by Crippen LogP contribution is 2.16. The molecule has 1 atom stereocenters. The quantitative estimate of drug-likeness (QED) is 0.0994. The first-order valence-corrected chi connectivity index (χ1v) is 14.5. The number of hydrogen-bond acceptors (Lipinski definition) is 0. The molecular weight excluding hydrogens is 404 g/mol. The van der Waals surface area contributed by atoms with Gasteiger partial charge in [0.2, 0.25) is 0 Å². The second-order valence-electron chi connectivity index (χ2n) is 9.47. The minimum Gasteiger partial charge on any atom is -0.0925 e. The summed E-state index contributed by atoms with van der Waals surface area (Å²) in [6.45, 7) is 4.66. The van der Waals surface area contributed by atoms with Gasteiger partial charge in [-0.25, -0.2) is 0 Å². The molecule has 0 N–H and O–H groups in total. The minimum absolute atomic E-state index is 0.866. The molecule has 0 aromatic carbocycles. The Morgan fingerprint density at radius 1 is 0.429 bits per heavy atom. The van der Waals surface area contributed by atoms with Gasteiger partial charge in [-0.2, -0.15) is 0 Å². The third kappa shape index (κ3) is 24.5. The maximum atomic E-state index is 3.58. The number of rotatable bonds is 24. The van der Waals surface area contributed by atoms with Crippen molar-refractivity contribution in [3.05, 3.63) is 0 Å². The van der Waals surface area contributed by atoms with Gasteiger partial charge in [0.1, 0.15) is 0 Å². The van der Waals surface area contributed by atoms with Gasteiger partial charge in [0, 0.05) is 5.33 Å². The maximum absolute atomic E-state index is 3.58. The second-order valence-corrected chi connectivity index (χ2v) is 10.1. The van der Waals surface area contributed by atoms with Gasteiger partial charge >= 0.3 is 0 Å². The van der Waals surface area contributed by atoms with Crippen LogP contribution in [0.1, 0.15) is 162 Å². The summed E-state index contributed by atoms with van der Waals surface area (Å²) in [6.07, 6.45) is 33.8. The Kier molecular flexibility index (Phi) is 26.0. The van der Waals surface area contributed by atoms with Gasteiger partial charge in [-0.3, -0.25) is 0 Å². The fourth-order valence-electron chi connectivity index (χ4n) is 4.18. The normalized spacial score (nSPS) is 12.5. The summed E-state index contributed by atoms with van der Waals surface area (Å²) in [4.78, 5) is 0. The summed E-state index contributed by atoms with van der Waals surface area (Å²) in [5.74, 6) is 0.866. The lowest BCUT2D eigenvalue weighted by molar-refractivity contribution is 0.504. The van der Waals surface area contributed by atoms with Crippen LogP contribution >= 0.6 is 15.9 Å². The molecule has 0 bridgehead atoms. The van der Waals surface area contributed by atoms with E-state index in [0.29, 0.717) is 0 Å². The zero-order chi connectivity index (χ0) is 20.5. The number of halogens is 1. The Bertz CT molecular complexity index is 263. The molecule has 0 nitrogen and oxygen atoms in total. The van der Waals surface area contributed by atoms with E-state index in [1.54, 1.807) is 0 Å². The third-order valence-electron chi connectivity index (χ3n) is 6.31. The van der Waals surface area contributed by atoms with Gasteiger partial charge < -0.3 is 0 Å². The molecule has 0 heterocycles. The first kappa shape index (κ1) is 28.5. The van der Waals surface area contributed by atoms with Crippen molar-refractivity contribution in [2.75, 3.05) is 5.33 Å². The maximum Gasteiger partial charge on any atom is 0.00570 e. The summed E-state index contributed by atoms with van der Waals surface area (Å²) >= 11 is 3.58. The van der Waals surface area contributed by atoms with E-state index < -0.39 is 0 Å². The van der Waals surface area contributed by atoms with Gasteiger partial charge in [-0.05, 0) is 12.3 Å². The molecule has 0 aliphatic rings. The van der Waals surface area contributed by atoms with Crippen LogP contribution in [0.5, 0.6) is 0 Å². The van der Waals surface area contributed by atoms with Crippen LogP contribution in [0.4, 0.5) is 0 Å². The minimum atomic E-state index is 0.866. The van der Waals surface area contributed by atoms with E-state index in [1.807, 2.05) is 0 Å². The average Bonchev–Trinajstić information content (AvgIpc) is 2.71. The molecule has 1 heteroatoms. The summed E-state index contributed by atoms with van der Waals surface area (Å²) in [6, 6.07) is 0. The molecule has 0 aromatic heterocycles. The van der Waals surface area contributed by atoms with Gasteiger partial charge in [0.25, 0.3) is 0 Å². The van der Waals surface area contributed by atoms with Crippen LogP contribution in [0.15, 0.2) is 0 Å². The van der Waals surface area contributed by atoms with Gasteiger partial charge in [0.05, 0.1) is 0 Å². The first-order chi connectivity index (χ1) is 13.8. The SMILES string of the molecule is CCCCCCCCCCCCCCCCCCCCCCCC[C@@H](C)CBr. The number of unbranched alkanes of at least 4 members (excludes halogenated alkanes) is 21. The predicted molar refractivity (Wildman–Crippen MR) is 135 cm³/mol. The van der Waals surface area contributed by atoms with Crippen molar-refractivity contribution in [3.8, 4) is 0 Å². The lowest BCUT2D eigenvalue weighted by Gasteiger charge is -2.06. The van der Waals surface area contributed by atoms with Crippen LogP contribution in [-0.2, 0) is 0 Å². The van der Waals surface area contributed by atoms with Gasteiger partial charge in [0.15, 0.2) is 0 Å². The van der Waals surface area contributed by atoms with Crippen LogP contribution < -0.4 is 0 Å². The summed E-state index contributed by atoms with van der Waals surface area (Å²) in [7, 11) is 0. The van der Waals surface area contributed by atoms with E-state index in [4.69, 9.17) is 0 Å². The molecule has 0 radical (unpaired) electrons. The zero-order valence-corrected chi connectivity index (χ0v) is 21.5. The highest BCUT2D eigenvalue weighted by molar-refractivity contribution is 9.09. The molecule has 0 fully saturated rings. The van der Waals surface area contributed by atoms with E-state index in [0.717, 1.165) is 5.92 Å². The molecule has 0 amide bonds. The lowest BCUT2D eigenvalue weighted by Crippen LogP contribution is -1.94. The molecule has 0 spiro atoms. The van der Waals surface area contributed by atoms with E-state index in [2.05, 4.69) is 29.8 Å². The number of alkyl halides is 1. The van der Waals surface area contributed by atoms with Crippen molar-refractivity contribution in [1.82, 2.24) is 0 Å². The first-order valence-electron chi connectivity index (χ1n) is 13.4. The van der Waals surface area contributed by atoms with Crippen LogP contribution in [0.3, 0.4) is 0 Å². The summed E-state index contributed by atoms with van der Waals surface area (Å²) in [5.41, 5.74) is 0. The molecule has 0 aliphatic heterocycles. The van der Waals surface area contributed by atoms with E-state index >= 15 is 0 Å². The van der Waals surface area contributed by atoms with E-state index in [-0.39, 0.29) is 0 Å². The van der Waals surface area contributed by atoms with Gasteiger partial charge in [-0.1, -0.05) is 171 Å². The molecule has 0 aliphatic carbocycles. The van der Waals surface area contributed by atoms with Crippen molar-refractivity contribution >= 4 is 15.9 Å². The fraction of sp³-hybridized carbons (Fsp3) is 1.00. The highest BCUT2D eigenvalue weighted by Gasteiger charge is 1.99. The van der Waals surface area contributed by atoms with E-state index in [1.165, 1.54) is 153 Å². The monoisotopic (exact) mass is 458 g/mol. The van der Waals surface area contributed by atoms with Gasteiger partial charge in [-0.15, -0.1) is 0 Å². The van der Waals surface area contributed by atoms with Crippen molar-refractivity contribution in [2.45, 2.75) is 162 Å². The Morgan fingerprint density at radius 2 is 0.679 bits per heavy atom. The molecule has 0 saturated carbocycles. The Morgan fingerprint density at radius 3 is 0.929 bits per heavy atom. The van der Waals surface area contributed by atoms with Crippen LogP contribution in [0, 0.1) is 5.92 Å². The Hall–Kier alpha value is 0.480. The molecule has 28 heavy (non-hydrogen) atoms. The third-order valence-corrected chi connectivity index (χ3v) is 7.42. The van der Waals surface area contributed by atoms with Crippen LogP contribution in [-0.4, -0.2) is 5.33 Å². The Balaban J connectivity index is 3.00. The molecule has 170 valence electrons. The summed E-state index contributed by atoms with van der Waals surface area (Å²) in [5, 5.41) is 1.17. The molecule has 0 unspecified atom stereocenters. The summed E-state index contributed by atoms with van der Waals surface area (Å²) < 4.78 is 0. The topological polar surface area (TPSA) is 0 Å². The van der Waals surface area contributed by atoms with Crippen LogP contribution in [0.25, 0.3) is 0 Å². The van der Waals surface area contributed by atoms with Crippen molar-refractivity contribution in [1.29, 1.82) is 0 Å². The highest BCUT2D eigenvalue weighted by atomic mass is 79.9. The molecule has 0 saturated heterocycles. The molecule has 0 aromatic rings. The van der Waals surface area contributed by atoms with E-state index in [9.17, 15) is 0 Å². The number of hydrogen-bond donors (Lipinski definition) is 0. The van der Waals surface area contributed by atoms with Crippen molar-refractivity contribution < 1.29 is 0 Å². The van der Waals surface area contributed by atoms with Crippen molar-refractivity contribution in [2.24, 2.45) is 5.92 Å². The smallest absolute Gasteiger partial charge is 0.00570 e. The van der Waals surface area contributed by atoms with Crippen molar-refractivity contribution in [3.63, 3.8) is 0 Å². The largest absolute Gasteiger partial charge is 0.0925 e. The zero-order valence-electron chi connectivity index (χ0n) is 19.9. The Labute approximate surface area is 188 Å². The van der Waals surface area contributed by atoms with Crippen LogP contribution in [0.2, 0.25) is 0 Å². The lowest BCUT2D eigenvalue weighted by atomic mass is 10.0. The predicted octanol–water partition coefficient (Wildman–Crippen LogP) is 11.0. The second kappa shape index (κ2) is 25.5. The fourth-order valence-corrected chi connectivity index (χ4v) is 4.50. The average molecular weight is 460 g/mol. The standard InChI is InChI=1S/C27H55Br/c1-3-4-5-6-7-8-9-10-11-12-13-14-15-16-17-18-19-20-21-22-23-24-25-27(2)26-28/h27H,3-26H2,1-2H3/t27-/m1/s1. The molecule has 0 rings (SSSR count). The molecular formula is C27H55Br.